The normalized spacial score (nSPS) is 13.2. The standard InChI is InChI=1S/C21H19N5O2/c1-13-9-14(10-22)3-7-17(13)18-12-24-26(21(18)28)19-8-4-15(11-23-19)20(27)25(2)16-5-6-16/h3-4,7-9,11-12,16,24H,5-6H2,1-2H3. The zero-order valence-electron chi connectivity index (χ0n) is 15.6. The molecule has 2 heterocycles. The number of hydrogen-bond donors (Lipinski definition) is 1. The van der Waals surface area contributed by atoms with Crippen LogP contribution in [0.2, 0.25) is 0 Å². The Morgan fingerprint density at radius 1 is 1.29 bits per heavy atom. The van der Waals surface area contributed by atoms with Crippen LogP contribution in [-0.4, -0.2) is 38.7 Å². The fourth-order valence-electron chi connectivity index (χ4n) is 3.24. The molecule has 28 heavy (non-hydrogen) atoms. The van der Waals surface area contributed by atoms with E-state index in [1.54, 1.807) is 48.5 Å². The molecule has 1 aliphatic carbocycles. The lowest BCUT2D eigenvalue weighted by atomic mass is 10.0. The van der Waals surface area contributed by atoms with E-state index >= 15 is 0 Å². The summed E-state index contributed by atoms with van der Waals surface area (Å²) < 4.78 is 1.34. The minimum Gasteiger partial charge on any atom is -0.339 e. The maximum Gasteiger partial charge on any atom is 0.280 e. The summed E-state index contributed by atoms with van der Waals surface area (Å²) in [6.45, 7) is 1.86. The second-order valence-corrected chi connectivity index (χ2v) is 7.02. The van der Waals surface area contributed by atoms with E-state index in [9.17, 15) is 9.59 Å². The lowest BCUT2D eigenvalue weighted by Crippen LogP contribution is -2.28. The van der Waals surface area contributed by atoms with Crippen molar-refractivity contribution in [2.45, 2.75) is 25.8 Å². The van der Waals surface area contributed by atoms with Gasteiger partial charge in [0.2, 0.25) is 0 Å². The highest BCUT2D eigenvalue weighted by Crippen LogP contribution is 2.26. The van der Waals surface area contributed by atoms with Gasteiger partial charge in [-0.05, 0) is 55.2 Å². The molecule has 0 unspecified atom stereocenters. The maximum atomic E-state index is 12.9. The Balaban J connectivity index is 1.63. The van der Waals surface area contributed by atoms with Crippen molar-refractivity contribution in [1.29, 1.82) is 5.26 Å². The summed E-state index contributed by atoms with van der Waals surface area (Å²) in [4.78, 5) is 31.3. The van der Waals surface area contributed by atoms with Crippen molar-refractivity contribution in [3.8, 4) is 23.0 Å². The first kappa shape index (κ1) is 17.7. The molecule has 1 amide bonds. The number of nitrogens with zero attached hydrogens (tertiary/aromatic N) is 4. The molecular formula is C21H19N5O2. The van der Waals surface area contributed by atoms with Crippen molar-refractivity contribution >= 4 is 5.91 Å². The second kappa shape index (κ2) is 6.82. The molecule has 1 aromatic carbocycles. The number of aromatic amines is 1. The highest BCUT2D eigenvalue weighted by Gasteiger charge is 2.30. The van der Waals surface area contributed by atoms with Crippen molar-refractivity contribution < 1.29 is 4.79 Å². The minimum absolute atomic E-state index is 0.0609. The van der Waals surface area contributed by atoms with Gasteiger partial charge in [-0.3, -0.25) is 14.7 Å². The van der Waals surface area contributed by atoms with Gasteiger partial charge in [0.25, 0.3) is 11.5 Å². The van der Waals surface area contributed by atoms with Crippen LogP contribution in [0.25, 0.3) is 16.9 Å². The molecule has 0 spiro atoms. The van der Waals surface area contributed by atoms with Crippen LogP contribution >= 0.6 is 0 Å². The quantitative estimate of drug-likeness (QED) is 0.760. The number of nitrogens with one attached hydrogen (secondary N) is 1. The van der Waals surface area contributed by atoms with Crippen molar-refractivity contribution in [3.63, 3.8) is 0 Å². The number of H-pyrrole nitrogens is 1. The first-order valence-corrected chi connectivity index (χ1v) is 9.04. The Morgan fingerprint density at radius 2 is 2.07 bits per heavy atom. The summed E-state index contributed by atoms with van der Waals surface area (Å²) >= 11 is 0. The molecule has 0 saturated heterocycles. The fourth-order valence-corrected chi connectivity index (χ4v) is 3.24. The van der Waals surface area contributed by atoms with Gasteiger partial charge >= 0.3 is 0 Å². The first-order valence-electron chi connectivity index (χ1n) is 9.04. The van der Waals surface area contributed by atoms with Crippen LogP contribution < -0.4 is 5.56 Å². The van der Waals surface area contributed by atoms with Crippen LogP contribution in [0.4, 0.5) is 0 Å². The van der Waals surface area contributed by atoms with E-state index in [-0.39, 0.29) is 11.5 Å². The van der Waals surface area contributed by atoms with Gasteiger partial charge < -0.3 is 4.90 Å². The molecule has 140 valence electrons. The van der Waals surface area contributed by atoms with Crippen LogP contribution in [0.15, 0.2) is 47.5 Å². The van der Waals surface area contributed by atoms with Crippen molar-refractivity contribution in [2.24, 2.45) is 0 Å². The molecule has 1 aliphatic rings. The largest absolute Gasteiger partial charge is 0.339 e. The summed E-state index contributed by atoms with van der Waals surface area (Å²) in [5, 5.41) is 11.9. The molecule has 0 aliphatic heterocycles. The summed E-state index contributed by atoms with van der Waals surface area (Å²) in [7, 11) is 1.80. The maximum absolute atomic E-state index is 12.9. The predicted molar refractivity (Wildman–Crippen MR) is 104 cm³/mol. The van der Waals surface area contributed by atoms with Gasteiger partial charge in [-0.25, -0.2) is 9.67 Å². The molecular weight excluding hydrogens is 354 g/mol. The van der Waals surface area contributed by atoms with E-state index in [4.69, 9.17) is 5.26 Å². The molecule has 0 atom stereocenters. The van der Waals surface area contributed by atoms with Crippen LogP contribution in [0, 0.1) is 18.3 Å². The van der Waals surface area contributed by atoms with Gasteiger partial charge in [-0.1, -0.05) is 6.07 Å². The van der Waals surface area contributed by atoms with E-state index in [2.05, 4.69) is 16.2 Å². The summed E-state index contributed by atoms with van der Waals surface area (Å²) in [6.07, 6.45) is 5.21. The van der Waals surface area contributed by atoms with Crippen molar-refractivity contribution in [2.75, 3.05) is 7.05 Å². The molecule has 0 bridgehead atoms. The molecule has 2 aromatic heterocycles. The number of pyridine rings is 1. The van der Waals surface area contributed by atoms with Crippen LogP contribution in [0.3, 0.4) is 0 Å². The molecule has 1 N–H and O–H groups in total. The van der Waals surface area contributed by atoms with Gasteiger partial charge in [0, 0.05) is 25.5 Å². The van der Waals surface area contributed by atoms with Crippen LogP contribution in [0.5, 0.6) is 0 Å². The molecule has 1 fully saturated rings. The lowest BCUT2D eigenvalue weighted by molar-refractivity contribution is 0.0784. The third kappa shape index (κ3) is 3.09. The topological polar surface area (TPSA) is 94.8 Å². The Morgan fingerprint density at radius 3 is 2.68 bits per heavy atom. The number of aryl methyl sites for hydroxylation is 1. The van der Waals surface area contributed by atoms with Gasteiger partial charge in [-0.15, -0.1) is 0 Å². The number of rotatable bonds is 4. The number of carbonyl (C=O) groups excluding carboxylic acids is 1. The Hall–Kier alpha value is -3.66. The highest BCUT2D eigenvalue weighted by atomic mass is 16.2. The van der Waals surface area contributed by atoms with E-state index in [1.807, 2.05) is 6.92 Å². The zero-order valence-corrected chi connectivity index (χ0v) is 15.6. The van der Waals surface area contributed by atoms with E-state index in [1.165, 1.54) is 10.9 Å². The fraction of sp³-hybridized carbons (Fsp3) is 0.238. The summed E-state index contributed by atoms with van der Waals surface area (Å²) in [5.41, 5.74) is 2.92. The van der Waals surface area contributed by atoms with Gasteiger partial charge in [-0.2, -0.15) is 5.26 Å². The average Bonchev–Trinajstić information content (AvgIpc) is 3.50. The minimum atomic E-state index is -0.241. The highest BCUT2D eigenvalue weighted by molar-refractivity contribution is 5.94. The van der Waals surface area contributed by atoms with Gasteiger partial charge in [0.15, 0.2) is 5.82 Å². The molecule has 3 aromatic rings. The number of nitriles is 1. The van der Waals surface area contributed by atoms with Crippen LogP contribution in [0.1, 0.15) is 34.3 Å². The number of hydrogen-bond acceptors (Lipinski definition) is 4. The molecule has 4 rings (SSSR count). The second-order valence-electron chi connectivity index (χ2n) is 7.02. The average molecular weight is 373 g/mol. The smallest absolute Gasteiger partial charge is 0.280 e. The SMILES string of the molecule is Cc1cc(C#N)ccc1-c1c[nH]n(-c2ccc(C(=O)N(C)C3CC3)cn2)c1=O. The predicted octanol–water partition coefficient (Wildman–Crippen LogP) is 2.64. The van der Waals surface area contributed by atoms with Crippen molar-refractivity contribution in [1.82, 2.24) is 19.7 Å². The van der Waals surface area contributed by atoms with Gasteiger partial charge in [0.1, 0.15) is 0 Å². The van der Waals surface area contributed by atoms with E-state index in [0.29, 0.717) is 28.6 Å². The Bertz CT molecular complexity index is 1150. The number of benzene rings is 1. The van der Waals surface area contributed by atoms with E-state index in [0.717, 1.165) is 24.0 Å². The monoisotopic (exact) mass is 373 g/mol. The molecule has 0 radical (unpaired) electrons. The molecule has 7 nitrogen and oxygen atoms in total. The summed E-state index contributed by atoms with van der Waals surface area (Å²) in [5.74, 6) is 0.349. The third-order valence-corrected chi connectivity index (χ3v) is 5.06. The Labute approximate surface area is 161 Å². The third-order valence-electron chi connectivity index (χ3n) is 5.06. The van der Waals surface area contributed by atoms with Crippen molar-refractivity contribution in [3.05, 3.63) is 69.8 Å². The zero-order chi connectivity index (χ0) is 19.8. The first-order chi connectivity index (χ1) is 13.5. The Kier molecular flexibility index (Phi) is 4.32. The number of carbonyl (C=O) groups is 1. The number of amides is 1. The van der Waals surface area contributed by atoms with E-state index < -0.39 is 0 Å². The lowest BCUT2D eigenvalue weighted by Gasteiger charge is -2.15. The summed E-state index contributed by atoms with van der Waals surface area (Å²) in [6, 6.07) is 11.0. The molecule has 7 heteroatoms. The van der Waals surface area contributed by atoms with Gasteiger partial charge in [0.05, 0.1) is 22.8 Å². The van der Waals surface area contributed by atoms with Crippen LogP contribution in [-0.2, 0) is 0 Å². The molecule has 1 saturated carbocycles. The number of aromatic nitrogens is 3.